The molecule has 0 radical (unpaired) electrons. The lowest BCUT2D eigenvalue weighted by Crippen LogP contribution is -2.45. The molecule has 1 fully saturated rings. The summed E-state index contributed by atoms with van der Waals surface area (Å²) in [6.07, 6.45) is -0.964. The van der Waals surface area contributed by atoms with E-state index in [-0.39, 0.29) is 25.4 Å². The molecule has 2 rings (SSSR count). The maximum Gasteiger partial charge on any atom is 0.330 e. The molecule has 23 heavy (non-hydrogen) atoms. The van der Waals surface area contributed by atoms with Crippen LogP contribution in [0.2, 0.25) is 0 Å². The SMILES string of the molecule is C=C1CO[C@@H](c2ccc(F)cc2)C1(C(=O)OCC)C(=O)OCC. The Hall–Kier alpha value is -2.21. The van der Waals surface area contributed by atoms with E-state index in [1.54, 1.807) is 13.8 Å². The van der Waals surface area contributed by atoms with E-state index in [2.05, 4.69) is 6.58 Å². The molecule has 124 valence electrons. The van der Waals surface area contributed by atoms with Crippen LogP contribution < -0.4 is 0 Å². The number of esters is 2. The molecular weight excluding hydrogens is 303 g/mol. The molecular formula is C17H19FO5. The van der Waals surface area contributed by atoms with Crippen molar-refractivity contribution < 1.29 is 28.2 Å². The van der Waals surface area contributed by atoms with Gasteiger partial charge in [0.05, 0.1) is 19.8 Å². The van der Waals surface area contributed by atoms with Gasteiger partial charge in [0, 0.05) is 0 Å². The van der Waals surface area contributed by atoms with Crippen LogP contribution in [0.5, 0.6) is 0 Å². The molecule has 0 unspecified atom stereocenters. The van der Waals surface area contributed by atoms with E-state index in [9.17, 15) is 14.0 Å². The van der Waals surface area contributed by atoms with Crippen molar-refractivity contribution in [2.75, 3.05) is 19.8 Å². The van der Waals surface area contributed by atoms with Crippen LogP contribution in [0.1, 0.15) is 25.5 Å². The number of hydrogen-bond acceptors (Lipinski definition) is 5. The largest absolute Gasteiger partial charge is 0.465 e. The summed E-state index contributed by atoms with van der Waals surface area (Å²) >= 11 is 0. The molecule has 1 aromatic rings. The lowest BCUT2D eigenvalue weighted by Gasteiger charge is -2.30. The molecule has 0 bridgehead atoms. The summed E-state index contributed by atoms with van der Waals surface area (Å²) in [5.41, 5.74) is -1.03. The fraction of sp³-hybridized carbons (Fsp3) is 0.412. The number of halogens is 1. The van der Waals surface area contributed by atoms with E-state index in [0.29, 0.717) is 5.56 Å². The minimum Gasteiger partial charge on any atom is -0.465 e. The molecule has 0 amide bonds. The first-order chi connectivity index (χ1) is 11.0. The highest BCUT2D eigenvalue weighted by Gasteiger charge is 2.62. The molecule has 0 aliphatic carbocycles. The van der Waals surface area contributed by atoms with E-state index < -0.39 is 29.3 Å². The summed E-state index contributed by atoms with van der Waals surface area (Å²) < 4.78 is 29.0. The summed E-state index contributed by atoms with van der Waals surface area (Å²) in [5, 5.41) is 0. The fourth-order valence-corrected chi connectivity index (χ4v) is 2.67. The van der Waals surface area contributed by atoms with E-state index in [0.717, 1.165) is 0 Å². The van der Waals surface area contributed by atoms with Gasteiger partial charge in [0.15, 0.2) is 0 Å². The second-order valence-corrected chi connectivity index (χ2v) is 5.10. The first-order valence-corrected chi connectivity index (χ1v) is 7.38. The summed E-state index contributed by atoms with van der Waals surface area (Å²) in [7, 11) is 0. The van der Waals surface area contributed by atoms with Crippen molar-refractivity contribution in [1.29, 1.82) is 0 Å². The van der Waals surface area contributed by atoms with Gasteiger partial charge in [-0.25, -0.2) is 4.39 Å². The predicted octanol–water partition coefficient (Wildman–Crippen LogP) is 2.57. The van der Waals surface area contributed by atoms with Crippen molar-refractivity contribution in [1.82, 2.24) is 0 Å². The van der Waals surface area contributed by atoms with Gasteiger partial charge in [-0.2, -0.15) is 0 Å². The van der Waals surface area contributed by atoms with Crippen molar-refractivity contribution in [3.05, 3.63) is 47.8 Å². The standard InChI is InChI=1S/C17H19FO5/c1-4-21-15(19)17(16(20)22-5-2)11(3)10-23-14(17)12-6-8-13(18)9-7-12/h6-9,14H,3-5,10H2,1-2H3/t14-/m0/s1. The molecule has 0 spiro atoms. The van der Waals surface area contributed by atoms with E-state index in [1.807, 2.05) is 0 Å². The lowest BCUT2D eigenvalue weighted by molar-refractivity contribution is -0.174. The van der Waals surface area contributed by atoms with Gasteiger partial charge in [-0.3, -0.25) is 9.59 Å². The molecule has 1 saturated heterocycles. The van der Waals surface area contributed by atoms with Crippen LogP contribution in [0.15, 0.2) is 36.4 Å². The van der Waals surface area contributed by atoms with Crippen LogP contribution in [-0.2, 0) is 23.8 Å². The maximum atomic E-state index is 13.2. The summed E-state index contributed by atoms with van der Waals surface area (Å²) in [4.78, 5) is 25.2. The Morgan fingerprint density at radius 1 is 1.22 bits per heavy atom. The Morgan fingerprint density at radius 3 is 2.22 bits per heavy atom. The highest BCUT2D eigenvalue weighted by Crippen LogP contribution is 2.50. The second kappa shape index (κ2) is 6.91. The monoisotopic (exact) mass is 322 g/mol. The topological polar surface area (TPSA) is 61.8 Å². The van der Waals surface area contributed by atoms with Crippen LogP contribution >= 0.6 is 0 Å². The molecule has 6 heteroatoms. The Morgan fingerprint density at radius 2 is 1.74 bits per heavy atom. The summed E-state index contributed by atoms with van der Waals surface area (Å²) in [5.74, 6) is -1.96. The minimum absolute atomic E-state index is 0.0136. The number of rotatable bonds is 5. The first kappa shape index (κ1) is 17.1. The fourth-order valence-electron chi connectivity index (χ4n) is 2.67. The van der Waals surface area contributed by atoms with Gasteiger partial charge in [-0.05, 0) is 37.1 Å². The molecule has 0 saturated carbocycles. The van der Waals surface area contributed by atoms with Crippen molar-refractivity contribution in [2.24, 2.45) is 5.41 Å². The molecule has 1 heterocycles. The minimum atomic E-state index is -1.77. The van der Waals surface area contributed by atoms with Gasteiger partial charge in [0.25, 0.3) is 0 Å². The van der Waals surface area contributed by atoms with Crippen molar-refractivity contribution in [3.63, 3.8) is 0 Å². The highest BCUT2D eigenvalue weighted by atomic mass is 19.1. The van der Waals surface area contributed by atoms with Gasteiger partial charge >= 0.3 is 11.9 Å². The van der Waals surface area contributed by atoms with E-state index in [1.165, 1.54) is 24.3 Å². The maximum absolute atomic E-state index is 13.2. The van der Waals surface area contributed by atoms with Gasteiger partial charge in [0.1, 0.15) is 11.9 Å². The van der Waals surface area contributed by atoms with Crippen molar-refractivity contribution >= 4 is 11.9 Å². The van der Waals surface area contributed by atoms with Crippen molar-refractivity contribution in [3.8, 4) is 0 Å². The zero-order valence-corrected chi connectivity index (χ0v) is 13.1. The zero-order valence-electron chi connectivity index (χ0n) is 13.1. The predicted molar refractivity (Wildman–Crippen MR) is 79.9 cm³/mol. The van der Waals surface area contributed by atoms with E-state index in [4.69, 9.17) is 14.2 Å². The van der Waals surface area contributed by atoms with Gasteiger partial charge in [0.2, 0.25) is 5.41 Å². The Kier molecular flexibility index (Phi) is 5.15. The third-order valence-corrected chi connectivity index (χ3v) is 3.74. The highest BCUT2D eigenvalue weighted by molar-refractivity contribution is 6.05. The normalized spacial score (nSPS) is 19.4. The Labute approximate surface area is 134 Å². The first-order valence-electron chi connectivity index (χ1n) is 7.38. The average molecular weight is 322 g/mol. The lowest BCUT2D eigenvalue weighted by atomic mass is 9.75. The molecule has 0 aromatic heterocycles. The van der Waals surface area contributed by atoms with Crippen LogP contribution in [0.3, 0.4) is 0 Å². The Bertz CT molecular complexity index is 590. The van der Waals surface area contributed by atoms with Gasteiger partial charge in [-0.15, -0.1) is 0 Å². The number of carbonyl (C=O) groups is 2. The number of carbonyl (C=O) groups excluding carboxylic acids is 2. The number of hydrogen-bond donors (Lipinski definition) is 0. The van der Waals surface area contributed by atoms with Gasteiger partial charge in [-0.1, -0.05) is 18.7 Å². The van der Waals surface area contributed by atoms with Crippen LogP contribution in [0.25, 0.3) is 0 Å². The number of benzene rings is 1. The molecule has 1 aromatic carbocycles. The average Bonchev–Trinajstić information content (AvgIpc) is 2.87. The Balaban J connectivity index is 2.54. The smallest absolute Gasteiger partial charge is 0.330 e. The quantitative estimate of drug-likeness (QED) is 0.474. The van der Waals surface area contributed by atoms with Crippen LogP contribution in [0.4, 0.5) is 4.39 Å². The zero-order chi connectivity index (χ0) is 17.0. The summed E-state index contributed by atoms with van der Waals surface area (Å²) in [6.45, 7) is 7.30. The second-order valence-electron chi connectivity index (χ2n) is 5.10. The van der Waals surface area contributed by atoms with Crippen LogP contribution in [0, 0.1) is 11.2 Å². The molecule has 1 aliphatic heterocycles. The van der Waals surface area contributed by atoms with Crippen molar-refractivity contribution in [2.45, 2.75) is 20.0 Å². The van der Waals surface area contributed by atoms with E-state index >= 15 is 0 Å². The van der Waals surface area contributed by atoms with Crippen LogP contribution in [-0.4, -0.2) is 31.8 Å². The third kappa shape index (κ3) is 2.86. The molecule has 5 nitrogen and oxygen atoms in total. The third-order valence-electron chi connectivity index (χ3n) is 3.74. The summed E-state index contributed by atoms with van der Waals surface area (Å²) in [6, 6.07) is 5.40. The van der Waals surface area contributed by atoms with Gasteiger partial charge < -0.3 is 14.2 Å². The molecule has 1 aliphatic rings. The molecule has 0 N–H and O–H groups in total. The number of ether oxygens (including phenoxy) is 3. The molecule has 1 atom stereocenters.